The molecule has 0 atom stereocenters. The Morgan fingerprint density at radius 2 is 2.07 bits per heavy atom. The van der Waals surface area contributed by atoms with Crippen molar-refractivity contribution in [3.05, 3.63) is 29.6 Å². The van der Waals surface area contributed by atoms with Crippen LogP contribution in [0, 0.1) is 5.82 Å². The highest BCUT2D eigenvalue weighted by molar-refractivity contribution is 7.88. The maximum atomic E-state index is 12.9. The summed E-state index contributed by atoms with van der Waals surface area (Å²) >= 11 is 0. The van der Waals surface area contributed by atoms with Gasteiger partial charge in [-0.15, -0.1) is 0 Å². The van der Waals surface area contributed by atoms with Gasteiger partial charge in [-0.25, -0.2) is 17.9 Å². The first-order valence-electron chi connectivity index (χ1n) is 3.74. The molecule has 1 aromatic rings. The minimum Gasteiger partial charge on any atom is -0.497 e. The van der Waals surface area contributed by atoms with Gasteiger partial charge in [0.1, 0.15) is 11.6 Å². The van der Waals surface area contributed by atoms with Gasteiger partial charge in [0.05, 0.1) is 12.9 Å². The molecule has 4 nitrogen and oxygen atoms in total. The number of rotatable bonds is 3. The molecule has 0 saturated carbocycles. The maximum absolute atomic E-state index is 12.9. The van der Waals surface area contributed by atoms with E-state index in [9.17, 15) is 12.8 Å². The molecule has 1 aromatic carbocycles. The summed E-state index contributed by atoms with van der Waals surface area (Å²) in [5, 5.41) is 4.82. The van der Waals surface area contributed by atoms with E-state index in [2.05, 4.69) is 0 Å². The minimum atomic E-state index is -3.64. The summed E-state index contributed by atoms with van der Waals surface area (Å²) in [5.41, 5.74) is 0.268. The van der Waals surface area contributed by atoms with Gasteiger partial charge in [0.25, 0.3) is 0 Å². The van der Waals surface area contributed by atoms with Crippen LogP contribution in [-0.4, -0.2) is 15.5 Å². The minimum absolute atomic E-state index is 0.267. The van der Waals surface area contributed by atoms with Gasteiger partial charge in [-0.2, -0.15) is 0 Å². The molecule has 0 aliphatic carbocycles. The van der Waals surface area contributed by atoms with Crippen molar-refractivity contribution in [3.8, 4) is 5.75 Å². The second-order valence-electron chi connectivity index (χ2n) is 2.81. The average Bonchev–Trinajstić information content (AvgIpc) is 1.99. The van der Waals surface area contributed by atoms with Crippen LogP contribution in [0.2, 0.25) is 0 Å². The normalized spacial score (nSPS) is 11.4. The fraction of sp³-hybridized carbons (Fsp3) is 0.250. The Morgan fingerprint density at radius 3 is 2.57 bits per heavy atom. The zero-order chi connectivity index (χ0) is 10.8. The summed E-state index contributed by atoms with van der Waals surface area (Å²) in [5.74, 6) is -0.687. The molecule has 0 amide bonds. The van der Waals surface area contributed by atoms with Gasteiger partial charge < -0.3 is 4.74 Å². The number of hydrogen-bond donors (Lipinski definition) is 1. The van der Waals surface area contributed by atoms with Crippen molar-refractivity contribution in [2.45, 2.75) is 5.75 Å². The Kier molecular flexibility index (Phi) is 3.07. The predicted molar refractivity (Wildman–Crippen MR) is 49.8 cm³/mol. The molecular formula is C8H10FNO3S. The van der Waals surface area contributed by atoms with E-state index in [0.29, 0.717) is 0 Å². The third-order valence-electron chi connectivity index (χ3n) is 1.53. The van der Waals surface area contributed by atoms with E-state index in [4.69, 9.17) is 9.88 Å². The topological polar surface area (TPSA) is 69.4 Å². The van der Waals surface area contributed by atoms with Crippen LogP contribution in [-0.2, 0) is 15.8 Å². The van der Waals surface area contributed by atoms with Crippen molar-refractivity contribution in [2.75, 3.05) is 7.11 Å². The molecule has 14 heavy (non-hydrogen) atoms. The lowest BCUT2D eigenvalue weighted by Crippen LogP contribution is -2.14. The molecule has 1 rings (SSSR count). The van der Waals surface area contributed by atoms with E-state index in [0.717, 1.165) is 12.1 Å². The molecule has 0 radical (unpaired) electrons. The van der Waals surface area contributed by atoms with Gasteiger partial charge in [0.2, 0.25) is 10.0 Å². The summed E-state index contributed by atoms with van der Waals surface area (Å²) in [6.07, 6.45) is 0. The first-order valence-corrected chi connectivity index (χ1v) is 5.46. The Bertz CT molecular complexity index is 430. The molecule has 0 bridgehead atoms. The van der Waals surface area contributed by atoms with Crippen LogP contribution >= 0.6 is 0 Å². The van der Waals surface area contributed by atoms with Crippen molar-refractivity contribution in [2.24, 2.45) is 5.14 Å². The molecule has 0 aliphatic heterocycles. The van der Waals surface area contributed by atoms with Crippen LogP contribution < -0.4 is 9.88 Å². The van der Waals surface area contributed by atoms with E-state index in [1.54, 1.807) is 0 Å². The summed E-state index contributed by atoms with van der Waals surface area (Å²) in [4.78, 5) is 0. The van der Waals surface area contributed by atoms with Gasteiger partial charge in [-0.05, 0) is 17.7 Å². The Balaban J connectivity index is 3.04. The second-order valence-corrected chi connectivity index (χ2v) is 4.42. The van der Waals surface area contributed by atoms with Crippen molar-refractivity contribution in [3.63, 3.8) is 0 Å². The monoisotopic (exact) mass is 219 g/mol. The first-order chi connectivity index (χ1) is 6.40. The molecule has 0 saturated heterocycles. The molecule has 0 unspecified atom stereocenters. The molecule has 0 aliphatic rings. The van der Waals surface area contributed by atoms with Crippen LogP contribution in [0.4, 0.5) is 4.39 Å². The van der Waals surface area contributed by atoms with Crippen LogP contribution in [0.5, 0.6) is 5.75 Å². The zero-order valence-electron chi connectivity index (χ0n) is 7.53. The third kappa shape index (κ3) is 3.31. The zero-order valence-corrected chi connectivity index (χ0v) is 8.34. The Morgan fingerprint density at radius 1 is 1.43 bits per heavy atom. The Labute approximate surface area is 81.5 Å². The predicted octanol–water partition coefficient (Wildman–Crippen LogP) is 0.623. The molecule has 0 aromatic heterocycles. The van der Waals surface area contributed by atoms with Crippen molar-refractivity contribution in [1.29, 1.82) is 0 Å². The highest BCUT2D eigenvalue weighted by Gasteiger charge is 2.07. The average molecular weight is 219 g/mol. The standard InChI is InChI=1S/C8H10FNO3S/c1-13-8-3-6(2-7(9)4-8)5-14(10,11)12/h2-4H,5H2,1H3,(H2,10,11,12). The molecule has 78 valence electrons. The molecule has 0 fully saturated rings. The number of primary sulfonamides is 1. The maximum Gasteiger partial charge on any atom is 0.213 e. The summed E-state index contributed by atoms with van der Waals surface area (Å²) in [7, 11) is -2.27. The van der Waals surface area contributed by atoms with E-state index in [1.165, 1.54) is 13.2 Å². The van der Waals surface area contributed by atoms with Gasteiger partial charge in [0.15, 0.2) is 0 Å². The molecule has 6 heteroatoms. The highest BCUT2D eigenvalue weighted by Crippen LogP contribution is 2.16. The van der Waals surface area contributed by atoms with E-state index in [1.807, 2.05) is 0 Å². The quantitative estimate of drug-likeness (QED) is 0.810. The van der Waals surface area contributed by atoms with Gasteiger partial charge in [-0.3, -0.25) is 0 Å². The lowest BCUT2D eigenvalue weighted by molar-refractivity contribution is 0.411. The van der Waals surface area contributed by atoms with Crippen molar-refractivity contribution >= 4 is 10.0 Å². The van der Waals surface area contributed by atoms with Crippen LogP contribution in [0.3, 0.4) is 0 Å². The summed E-state index contributed by atoms with van der Waals surface area (Å²) < 4.78 is 39.1. The number of hydrogen-bond acceptors (Lipinski definition) is 3. The number of halogens is 1. The lowest BCUT2D eigenvalue weighted by atomic mass is 10.2. The number of ether oxygens (including phenoxy) is 1. The third-order valence-corrected chi connectivity index (χ3v) is 2.27. The number of methoxy groups -OCH3 is 1. The first kappa shape index (κ1) is 10.9. The van der Waals surface area contributed by atoms with Crippen LogP contribution in [0.1, 0.15) is 5.56 Å². The molecular weight excluding hydrogens is 209 g/mol. The fourth-order valence-corrected chi connectivity index (χ4v) is 1.69. The largest absolute Gasteiger partial charge is 0.497 e. The van der Waals surface area contributed by atoms with Crippen molar-refractivity contribution in [1.82, 2.24) is 0 Å². The molecule has 2 N–H and O–H groups in total. The number of benzene rings is 1. The van der Waals surface area contributed by atoms with E-state index in [-0.39, 0.29) is 11.3 Å². The van der Waals surface area contributed by atoms with E-state index >= 15 is 0 Å². The van der Waals surface area contributed by atoms with Crippen molar-refractivity contribution < 1.29 is 17.5 Å². The van der Waals surface area contributed by atoms with Crippen LogP contribution in [0.15, 0.2) is 18.2 Å². The summed E-state index contributed by atoms with van der Waals surface area (Å²) in [6.45, 7) is 0. The Hall–Kier alpha value is -1.14. The van der Waals surface area contributed by atoms with Gasteiger partial charge in [0, 0.05) is 6.07 Å². The fourth-order valence-electron chi connectivity index (χ4n) is 1.05. The van der Waals surface area contributed by atoms with Gasteiger partial charge >= 0.3 is 0 Å². The number of sulfonamides is 1. The second kappa shape index (κ2) is 3.93. The molecule has 0 spiro atoms. The lowest BCUT2D eigenvalue weighted by Gasteiger charge is -2.03. The molecule has 0 heterocycles. The van der Waals surface area contributed by atoms with E-state index < -0.39 is 21.6 Å². The van der Waals surface area contributed by atoms with Crippen LogP contribution in [0.25, 0.3) is 0 Å². The smallest absolute Gasteiger partial charge is 0.213 e. The van der Waals surface area contributed by atoms with Gasteiger partial charge in [-0.1, -0.05) is 0 Å². The SMILES string of the molecule is COc1cc(F)cc(CS(N)(=O)=O)c1. The highest BCUT2D eigenvalue weighted by atomic mass is 32.2. The number of nitrogens with two attached hydrogens (primary N) is 1. The summed E-state index contributed by atoms with van der Waals surface area (Å²) in [6, 6.07) is 3.69.